The standard InChI is InChI=1S/C23H29N5O/c1-14-3-5-16(6-4-14)20-8-7-19(24)22(25-20)26-23(29)21-17-12-28(13-18(17)21)11-15-9-27(2)10-15/h3-8,15,17-18,21H,9-13,24H2,1-2H3,(H,25,26,29)/t17-,18+,21?. The SMILES string of the molecule is Cc1ccc(-c2ccc(N)c(NC(=O)C3[C@H]4CN(CC5CN(C)C5)C[C@@H]34)n2)cc1. The number of nitrogens with two attached hydrogens (primary N) is 1. The first-order chi connectivity index (χ1) is 14.0. The van der Waals surface area contributed by atoms with Gasteiger partial charge in [0.05, 0.1) is 11.4 Å². The average molecular weight is 392 g/mol. The number of benzene rings is 1. The number of aryl methyl sites for hydroxylation is 1. The fraction of sp³-hybridized carbons (Fsp3) is 0.478. The molecule has 3 aliphatic rings. The van der Waals surface area contributed by atoms with Gasteiger partial charge in [-0.2, -0.15) is 0 Å². The quantitative estimate of drug-likeness (QED) is 0.818. The third-order valence-electron chi connectivity index (χ3n) is 6.74. The second kappa shape index (κ2) is 7.11. The molecule has 0 spiro atoms. The predicted octanol–water partition coefficient (Wildman–Crippen LogP) is 2.32. The van der Waals surface area contributed by atoms with Crippen molar-refractivity contribution in [1.82, 2.24) is 14.8 Å². The van der Waals surface area contributed by atoms with Crippen LogP contribution in [0.15, 0.2) is 36.4 Å². The smallest absolute Gasteiger partial charge is 0.229 e. The molecule has 1 aliphatic carbocycles. The van der Waals surface area contributed by atoms with E-state index < -0.39 is 0 Å². The van der Waals surface area contributed by atoms with Crippen molar-refractivity contribution in [3.8, 4) is 11.3 Å². The van der Waals surface area contributed by atoms with Crippen LogP contribution in [-0.2, 0) is 4.79 Å². The molecule has 3 atom stereocenters. The third-order valence-corrected chi connectivity index (χ3v) is 6.74. The van der Waals surface area contributed by atoms with Gasteiger partial charge in [-0.1, -0.05) is 29.8 Å². The van der Waals surface area contributed by atoms with E-state index in [0.29, 0.717) is 23.3 Å². The van der Waals surface area contributed by atoms with E-state index in [-0.39, 0.29) is 11.8 Å². The maximum Gasteiger partial charge on any atom is 0.229 e. The van der Waals surface area contributed by atoms with Crippen LogP contribution in [0.1, 0.15) is 5.56 Å². The van der Waals surface area contributed by atoms with E-state index in [1.165, 1.54) is 25.2 Å². The van der Waals surface area contributed by atoms with E-state index in [9.17, 15) is 4.79 Å². The summed E-state index contributed by atoms with van der Waals surface area (Å²) in [5.41, 5.74) is 9.65. The minimum atomic E-state index is 0.0725. The van der Waals surface area contributed by atoms with Crippen molar-refractivity contribution in [2.45, 2.75) is 6.92 Å². The molecular formula is C23H29N5O. The Hall–Kier alpha value is -2.44. The normalized spacial score (nSPS) is 26.8. The molecule has 1 aromatic carbocycles. The molecule has 2 saturated heterocycles. The van der Waals surface area contributed by atoms with Gasteiger partial charge >= 0.3 is 0 Å². The summed E-state index contributed by atoms with van der Waals surface area (Å²) in [6.45, 7) is 7.75. The molecular weight excluding hydrogens is 362 g/mol. The summed E-state index contributed by atoms with van der Waals surface area (Å²) in [6, 6.07) is 11.9. The van der Waals surface area contributed by atoms with Crippen molar-refractivity contribution < 1.29 is 4.79 Å². The number of hydrogen-bond donors (Lipinski definition) is 2. The largest absolute Gasteiger partial charge is 0.396 e. The second-order valence-electron chi connectivity index (χ2n) is 9.15. The number of nitrogen functional groups attached to an aromatic ring is 1. The second-order valence-corrected chi connectivity index (χ2v) is 9.15. The van der Waals surface area contributed by atoms with Crippen molar-refractivity contribution in [2.75, 3.05) is 50.8 Å². The van der Waals surface area contributed by atoms with Gasteiger partial charge in [0.1, 0.15) is 0 Å². The number of anilines is 2. The van der Waals surface area contributed by atoms with Gasteiger partial charge in [0, 0.05) is 44.2 Å². The Balaban J connectivity index is 1.20. The molecule has 1 unspecified atom stereocenters. The fourth-order valence-corrected chi connectivity index (χ4v) is 5.12. The number of nitrogens with zero attached hydrogens (tertiary/aromatic N) is 3. The van der Waals surface area contributed by atoms with E-state index in [1.54, 1.807) is 0 Å². The number of rotatable bonds is 5. The maximum absolute atomic E-state index is 12.8. The summed E-state index contributed by atoms with van der Waals surface area (Å²) in [4.78, 5) is 22.4. The number of fused-ring (bicyclic) bond motifs is 1. The molecule has 6 nitrogen and oxygen atoms in total. The number of nitrogens with one attached hydrogen (secondary N) is 1. The first-order valence-electron chi connectivity index (χ1n) is 10.5. The third kappa shape index (κ3) is 3.63. The highest BCUT2D eigenvalue weighted by Gasteiger charge is 2.59. The summed E-state index contributed by atoms with van der Waals surface area (Å²) in [7, 11) is 2.17. The summed E-state index contributed by atoms with van der Waals surface area (Å²) < 4.78 is 0. The van der Waals surface area contributed by atoms with Gasteiger partial charge in [-0.15, -0.1) is 0 Å². The zero-order chi connectivity index (χ0) is 20.1. The number of aromatic nitrogens is 1. The molecule has 2 aliphatic heterocycles. The molecule has 1 saturated carbocycles. The highest BCUT2D eigenvalue weighted by atomic mass is 16.2. The molecule has 2 aromatic rings. The van der Waals surface area contributed by atoms with Gasteiger partial charge in [0.2, 0.25) is 5.91 Å². The van der Waals surface area contributed by atoms with Crippen LogP contribution >= 0.6 is 0 Å². The molecule has 3 heterocycles. The Labute approximate surface area is 172 Å². The molecule has 3 fully saturated rings. The van der Waals surface area contributed by atoms with Gasteiger partial charge in [0.25, 0.3) is 0 Å². The lowest BCUT2D eigenvalue weighted by atomic mass is 10.0. The molecule has 6 heteroatoms. The van der Waals surface area contributed by atoms with Crippen LogP contribution in [0.3, 0.4) is 0 Å². The van der Waals surface area contributed by atoms with Gasteiger partial charge in [0.15, 0.2) is 5.82 Å². The number of carbonyl (C=O) groups excluding carboxylic acids is 1. The number of carbonyl (C=O) groups is 1. The van der Waals surface area contributed by atoms with Crippen LogP contribution in [0.2, 0.25) is 0 Å². The lowest BCUT2D eigenvalue weighted by Crippen LogP contribution is -2.49. The molecule has 0 bridgehead atoms. The lowest BCUT2D eigenvalue weighted by molar-refractivity contribution is -0.118. The van der Waals surface area contributed by atoms with E-state index in [4.69, 9.17) is 5.73 Å². The van der Waals surface area contributed by atoms with E-state index >= 15 is 0 Å². The molecule has 152 valence electrons. The summed E-state index contributed by atoms with van der Waals surface area (Å²) in [6.07, 6.45) is 0. The van der Waals surface area contributed by atoms with E-state index in [0.717, 1.165) is 30.3 Å². The Kier molecular flexibility index (Phi) is 4.56. The molecule has 5 rings (SSSR count). The Morgan fingerprint density at radius 1 is 1.10 bits per heavy atom. The minimum Gasteiger partial charge on any atom is -0.396 e. The highest BCUT2D eigenvalue weighted by molar-refractivity contribution is 5.96. The maximum atomic E-state index is 12.8. The number of likely N-dealkylation sites (tertiary alicyclic amines) is 2. The Morgan fingerprint density at radius 2 is 1.79 bits per heavy atom. The van der Waals surface area contributed by atoms with Crippen LogP contribution in [0.5, 0.6) is 0 Å². The minimum absolute atomic E-state index is 0.0725. The number of pyridine rings is 1. The van der Waals surface area contributed by atoms with E-state index in [1.807, 2.05) is 24.3 Å². The van der Waals surface area contributed by atoms with Crippen molar-refractivity contribution in [1.29, 1.82) is 0 Å². The van der Waals surface area contributed by atoms with Gasteiger partial charge < -0.3 is 20.9 Å². The first kappa shape index (κ1) is 18.6. The fourth-order valence-electron chi connectivity index (χ4n) is 5.12. The van der Waals surface area contributed by atoms with Crippen LogP contribution in [-0.4, -0.2) is 60.5 Å². The summed E-state index contributed by atoms with van der Waals surface area (Å²) >= 11 is 0. The van der Waals surface area contributed by atoms with Crippen LogP contribution in [0, 0.1) is 30.6 Å². The van der Waals surface area contributed by atoms with Crippen molar-refractivity contribution >= 4 is 17.4 Å². The monoisotopic (exact) mass is 391 g/mol. The zero-order valence-electron chi connectivity index (χ0n) is 17.1. The van der Waals surface area contributed by atoms with Gasteiger partial charge in [-0.25, -0.2) is 4.98 Å². The summed E-state index contributed by atoms with van der Waals surface area (Å²) in [5.74, 6) is 2.46. The van der Waals surface area contributed by atoms with Crippen LogP contribution < -0.4 is 11.1 Å². The molecule has 0 radical (unpaired) electrons. The van der Waals surface area contributed by atoms with Crippen LogP contribution in [0.4, 0.5) is 11.5 Å². The topological polar surface area (TPSA) is 74.5 Å². The highest BCUT2D eigenvalue weighted by Crippen LogP contribution is 2.52. The van der Waals surface area contributed by atoms with Gasteiger partial charge in [-0.3, -0.25) is 4.79 Å². The predicted molar refractivity (Wildman–Crippen MR) is 115 cm³/mol. The van der Waals surface area contributed by atoms with Crippen molar-refractivity contribution in [3.63, 3.8) is 0 Å². The Bertz CT molecular complexity index is 909. The number of piperidine rings is 1. The molecule has 1 aromatic heterocycles. The summed E-state index contributed by atoms with van der Waals surface area (Å²) in [5, 5.41) is 3.01. The average Bonchev–Trinajstić information content (AvgIpc) is 3.19. The molecule has 1 amide bonds. The van der Waals surface area contributed by atoms with Gasteiger partial charge in [-0.05, 0) is 43.9 Å². The van der Waals surface area contributed by atoms with Crippen LogP contribution in [0.25, 0.3) is 11.3 Å². The Morgan fingerprint density at radius 3 is 2.45 bits per heavy atom. The molecule has 3 N–H and O–H groups in total. The van der Waals surface area contributed by atoms with Crippen molar-refractivity contribution in [3.05, 3.63) is 42.0 Å². The first-order valence-corrected chi connectivity index (χ1v) is 10.5. The zero-order valence-corrected chi connectivity index (χ0v) is 17.1. The number of amides is 1. The van der Waals surface area contributed by atoms with E-state index in [2.05, 4.69) is 46.2 Å². The number of hydrogen-bond acceptors (Lipinski definition) is 5. The van der Waals surface area contributed by atoms with Crippen molar-refractivity contribution in [2.24, 2.45) is 23.7 Å². The molecule has 29 heavy (non-hydrogen) atoms. The lowest BCUT2D eigenvalue weighted by Gasteiger charge is -2.38.